The van der Waals surface area contributed by atoms with Crippen LogP contribution in [-0.4, -0.2) is 61.5 Å². The van der Waals surface area contributed by atoms with Crippen molar-refractivity contribution in [1.29, 1.82) is 0 Å². The molecule has 5 heterocycles. The summed E-state index contributed by atoms with van der Waals surface area (Å²) in [7, 11) is 0. The molecule has 1 spiro atoms. The smallest absolute Gasteiger partial charge is 0.277 e. The number of aromatic nitrogens is 4. The number of imidazole rings is 1. The van der Waals surface area contributed by atoms with Gasteiger partial charge in [-0.2, -0.15) is 0 Å². The molecule has 3 aromatic rings. The molecule has 10 heteroatoms. The van der Waals surface area contributed by atoms with Gasteiger partial charge in [0.1, 0.15) is 5.65 Å². The molecule has 1 amide bonds. The summed E-state index contributed by atoms with van der Waals surface area (Å²) in [5, 5.41) is 8.70. The van der Waals surface area contributed by atoms with E-state index in [-0.39, 0.29) is 18.0 Å². The summed E-state index contributed by atoms with van der Waals surface area (Å²) in [6.07, 6.45) is 10.4. The van der Waals surface area contributed by atoms with Crippen LogP contribution in [-0.2, 0) is 6.54 Å². The maximum Gasteiger partial charge on any atom is 0.277 e. The molecule has 9 nitrogen and oxygen atoms in total. The number of halogens is 1. The first kappa shape index (κ1) is 21.5. The van der Waals surface area contributed by atoms with Gasteiger partial charge >= 0.3 is 0 Å². The van der Waals surface area contributed by atoms with Crippen molar-refractivity contribution >= 4 is 29.9 Å². The van der Waals surface area contributed by atoms with E-state index in [1.807, 2.05) is 24.4 Å². The number of piperidine rings is 1. The van der Waals surface area contributed by atoms with Crippen LogP contribution in [0.1, 0.15) is 35.3 Å². The van der Waals surface area contributed by atoms with Gasteiger partial charge in [0.05, 0.1) is 17.5 Å². The molecule has 2 fully saturated rings. The fourth-order valence-electron chi connectivity index (χ4n) is 4.75. The molecule has 2 N–H and O–H groups in total. The Hall–Kier alpha value is -2.75. The number of anilines is 1. The molecule has 0 radical (unpaired) electrons. The predicted molar refractivity (Wildman–Crippen MR) is 117 cm³/mol. The summed E-state index contributed by atoms with van der Waals surface area (Å²) < 4.78 is 2.17. The standard InChI is InChI=1S/C21H25N7O2.ClH/c29-19(25-30)16-11-23-20(24-12-16)27-9-5-21(6-10-27)4-8-26(15-21)14-17-13-22-18-3-1-2-7-28(17)18;/h1-3,7,11-13,30H,4-6,8-10,14-15H2,(H,25,29);1H. The number of nitrogens with one attached hydrogen (secondary N) is 1. The van der Waals surface area contributed by atoms with Crippen molar-refractivity contribution in [3.63, 3.8) is 0 Å². The Labute approximate surface area is 186 Å². The monoisotopic (exact) mass is 443 g/mol. The molecule has 0 unspecified atom stereocenters. The first-order valence-corrected chi connectivity index (χ1v) is 10.3. The predicted octanol–water partition coefficient (Wildman–Crippen LogP) is 2.16. The minimum atomic E-state index is -0.601. The van der Waals surface area contributed by atoms with Crippen LogP contribution < -0.4 is 10.4 Å². The third-order valence-corrected chi connectivity index (χ3v) is 6.51. The Balaban J connectivity index is 0.00000231. The minimum absolute atomic E-state index is 0. The number of pyridine rings is 1. The highest BCUT2D eigenvalue weighted by Crippen LogP contribution is 2.41. The van der Waals surface area contributed by atoms with Gasteiger partial charge in [0.25, 0.3) is 5.91 Å². The average Bonchev–Trinajstić information content (AvgIpc) is 3.38. The van der Waals surface area contributed by atoms with Gasteiger partial charge in [-0.3, -0.25) is 14.9 Å². The van der Waals surface area contributed by atoms with Crippen molar-refractivity contribution in [2.45, 2.75) is 25.8 Å². The summed E-state index contributed by atoms with van der Waals surface area (Å²) in [6, 6.07) is 6.10. The van der Waals surface area contributed by atoms with Gasteiger partial charge in [0.2, 0.25) is 5.95 Å². The van der Waals surface area contributed by atoms with Gasteiger partial charge in [0, 0.05) is 44.8 Å². The van der Waals surface area contributed by atoms with Crippen LogP contribution in [0.2, 0.25) is 0 Å². The van der Waals surface area contributed by atoms with E-state index in [0.29, 0.717) is 11.4 Å². The van der Waals surface area contributed by atoms with E-state index in [1.54, 1.807) is 5.48 Å². The molecule has 0 aliphatic carbocycles. The number of rotatable bonds is 4. The third kappa shape index (κ3) is 4.21. The first-order chi connectivity index (χ1) is 14.7. The molecule has 164 valence electrons. The Morgan fingerprint density at radius 1 is 1.06 bits per heavy atom. The lowest BCUT2D eigenvalue weighted by Crippen LogP contribution is -2.42. The number of likely N-dealkylation sites (tertiary alicyclic amines) is 1. The van der Waals surface area contributed by atoms with Crippen molar-refractivity contribution in [3.05, 3.63) is 54.2 Å². The van der Waals surface area contributed by atoms with Crippen LogP contribution in [0, 0.1) is 5.41 Å². The molecule has 2 aliphatic heterocycles. The van der Waals surface area contributed by atoms with Crippen molar-refractivity contribution in [3.8, 4) is 0 Å². The van der Waals surface area contributed by atoms with Crippen LogP contribution >= 0.6 is 12.4 Å². The van der Waals surface area contributed by atoms with Gasteiger partial charge in [-0.1, -0.05) is 6.07 Å². The van der Waals surface area contributed by atoms with E-state index in [4.69, 9.17) is 5.21 Å². The molecule has 0 aromatic carbocycles. The Kier molecular flexibility index (Phi) is 6.08. The number of carbonyl (C=O) groups excluding carboxylic acids is 1. The highest BCUT2D eigenvalue weighted by Gasteiger charge is 2.41. The van der Waals surface area contributed by atoms with Crippen LogP contribution in [0.15, 0.2) is 43.0 Å². The van der Waals surface area contributed by atoms with Crippen molar-refractivity contribution in [2.24, 2.45) is 5.41 Å². The van der Waals surface area contributed by atoms with Crippen LogP contribution in [0.3, 0.4) is 0 Å². The number of carbonyl (C=O) groups is 1. The quantitative estimate of drug-likeness (QED) is 0.471. The zero-order chi connectivity index (χ0) is 20.6. The second kappa shape index (κ2) is 8.78. The van der Waals surface area contributed by atoms with Crippen molar-refractivity contribution in [2.75, 3.05) is 31.1 Å². The summed E-state index contributed by atoms with van der Waals surface area (Å²) in [5.41, 5.74) is 4.43. The average molecular weight is 444 g/mol. The molecule has 2 saturated heterocycles. The minimum Gasteiger partial charge on any atom is -0.341 e. The lowest BCUT2D eigenvalue weighted by molar-refractivity contribution is 0.0705. The van der Waals surface area contributed by atoms with Gasteiger partial charge in [-0.25, -0.2) is 20.4 Å². The zero-order valence-electron chi connectivity index (χ0n) is 17.1. The Morgan fingerprint density at radius 3 is 2.55 bits per heavy atom. The maximum atomic E-state index is 11.4. The van der Waals surface area contributed by atoms with Crippen LogP contribution in [0.25, 0.3) is 5.65 Å². The lowest BCUT2D eigenvalue weighted by Gasteiger charge is -2.39. The summed E-state index contributed by atoms with van der Waals surface area (Å²) in [5.74, 6) is 0.0380. The van der Waals surface area contributed by atoms with E-state index < -0.39 is 5.91 Å². The van der Waals surface area contributed by atoms with Gasteiger partial charge in [-0.15, -0.1) is 12.4 Å². The largest absolute Gasteiger partial charge is 0.341 e. The SMILES string of the molecule is Cl.O=C(NO)c1cnc(N2CCC3(CCN(Cc4cnc5ccccn45)C3)CC2)nc1. The molecule has 2 aliphatic rings. The third-order valence-electron chi connectivity index (χ3n) is 6.51. The summed E-state index contributed by atoms with van der Waals surface area (Å²) in [6.45, 7) is 4.97. The van der Waals surface area contributed by atoms with Gasteiger partial charge < -0.3 is 9.30 Å². The van der Waals surface area contributed by atoms with E-state index in [1.165, 1.54) is 24.5 Å². The number of hydrogen-bond acceptors (Lipinski definition) is 7. The summed E-state index contributed by atoms with van der Waals surface area (Å²) >= 11 is 0. The molecule has 31 heavy (non-hydrogen) atoms. The maximum absolute atomic E-state index is 11.4. The number of fused-ring (bicyclic) bond motifs is 1. The molecule has 5 rings (SSSR count). The first-order valence-electron chi connectivity index (χ1n) is 10.3. The molecule has 3 aromatic heterocycles. The van der Waals surface area contributed by atoms with Gasteiger partial charge in [0.15, 0.2) is 0 Å². The number of amides is 1. The number of hydroxylamine groups is 1. The topological polar surface area (TPSA) is 98.9 Å². The number of nitrogens with zero attached hydrogens (tertiary/aromatic N) is 6. The Morgan fingerprint density at radius 2 is 1.81 bits per heavy atom. The van der Waals surface area contributed by atoms with Gasteiger partial charge in [-0.05, 0) is 43.4 Å². The van der Waals surface area contributed by atoms with E-state index >= 15 is 0 Å². The fraction of sp³-hybridized carbons (Fsp3) is 0.429. The molecular formula is C21H26ClN7O2. The van der Waals surface area contributed by atoms with Crippen LogP contribution in [0.4, 0.5) is 5.95 Å². The molecule has 0 atom stereocenters. The fourth-order valence-corrected chi connectivity index (χ4v) is 4.75. The molecule has 0 bridgehead atoms. The van der Waals surface area contributed by atoms with E-state index in [9.17, 15) is 4.79 Å². The van der Waals surface area contributed by atoms with Crippen molar-refractivity contribution in [1.82, 2.24) is 29.7 Å². The molecule has 0 saturated carbocycles. The highest BCUT2D eigenvalue weighted by molar-refractivity contribution is 5.92. The second-order valence-corrected chi connectivity index (χ2v) is 8.34. The lowest BCUT2D eigenvalue weighted by atomic mass is 9.78. The Bertz CT molecular complexity index is 1050. The van der Waals surface area contributed by atoms with E-state index in [0.717, 1.165) is 51.2 Å². The normalized spacial score (nSPS) is 18.3. The number of hydrogen-bond donors (Lipinski definition) is 2. The van der Waals surface area contributed by atoms with Crippen LogP contribution in [0.5, 0.6) is 0 Å². The molecular weight excluding hydrogens is 418 g/mol. The van der Waals surface area contributed by atoms with E-state index in [2.05, 4.69) is 35.3 Å². The van der Waals surface area contributed by atoms with Crippen molar-refractivity contribution < 1.29 is 10.0 Å². The second-order valence-electron chi connectivity index (χ2n) is 8.34. The summed E-state index contributed by atoms with van der Waals surface area (Å²) in [4.78, 5) is 29.3. The highest BCUT2D eigenvalue weighted by atomic mass is 35.5. The zero-order valence-corrected chi connectivity index (χ0v) is 18.0.